The maximum absolute atomic E-state index is 12.7. The summed E-state index contributed by atoms with van der Waals surface area (Å²) in [7, 11) is 0. The van der Waals surface area contributed by atoms with E-state index in [2.05, 4.69) is 26.8 Å². The minimum atomic E-state index is -0.289. The zero-order valence-corrected chi connectivity index (χ0v) is 13.7. The molecule has 0 spiro atoms. The molecule has 0 bridgehead atoms. The van der Waals surface area contributed by atoms with Crippen LogP contribution in [0.2, 0.25) is 0 Å². The van der Waals surface area contributed by atoms with Crippen LogP contribution < -0.4 is 0 Å². The summed E-state index contributed by atoms with van der Waals surface area (Å²) >= 11 is 0. The first-order chi connectivity index (χ1) is 9.68. The minimum absolute atomic E-state index is 0.0948. The second-order valence-corrected chi connectivity index (χ2v) is 7.87. The van der Waals surface area contributed by atoms with Crippen LogP contribution in [0, 0.1) is 16.7 Å². The van der Waals surface area contributed by atoms with Crippen LogP contribution in [-0.4, -0.2) is 11.6 Å². The SMILES string of the molecule is CC(C)C1=CC2=C(C(=O)C1=O)[C@]1(C)CCCC(C)(C)C1=C2. The number of Topliss-reactive ketones (excluding diaryl/α,β-unsaturated/α-hetero) is 2. The number of carbonyl (C=O) groups is 2. The summed E-state index contributed by atoms with van der Waals surface area (Å²) in [5.41, 5.74) is 3.64. The first-order valence-corrected chi connectivity index (χ1v) is 7.96. The molecule has 0 N–H and O–H groups in total. The molecule has 0 radical (unpaired) electrons. The lowest BCUT2D eigenvalue weighted by Crippen LogP contribution is -2.38. The largest absolute Gasteiger partial charge is 0.285 e. The Labute approximate surface area is 127 Å². The number of fused-ring (bicyclic) bond motifs is 2. The third kappa shape index (κ3) is 1.84. The molecule has 1 atom stereocenters. The van der Waals surface area contributed by atoms with Crippen molar-refractivity contribution in [2.45, 2.75) is 53.9 Å². The van der Waals surface area contributed by atoms with Gasteiger partial charge < -0.3 is 0 Å². The van der Waals surface area contributed by atoms with Crippen molar-refractivity contribution in [3.63, 3.8) is 0 Å². The molecule has 2 heteroatoms. The van der Waals surface area contributed by atoms with Crippen molar-refractivity contribution in [2.24, 2.45) is 16.7 Å². The summed E-state index contributed by atoms with van der Waals surface area (Å²) in [5.74, 6) is -0.456. The van der Waals surface area contributed by atoms with Crippen molar-refractivity contribution in [1.29, 1.82) is 0 Å². The lowest BCUT2D eigenvalue weighted by molar-refractivity contribution is -0.133. The number of rotatable bonds is 1. The number of ketones is 2. The molecule has 2 nitrogen and oxygen atoms in total. The van der Waals surface area contributed by atoms with E-state index < -0.39 is 0 Å². The molecule has 0 saturated heterocycles. The third-order valence-corrected chi connectivity index (χ3v) is 5.57. The van der Waals surface area contributed by atoms with E-state index in [1.807, 2.05) is 19.9 Å². The third-order valence-electron chi connectivity index (χ3n) is 5.57. The molecule has 3 aliphatic carbocycles. The molecule has 112 valence electrons. The molecule has 0 aromatic carbocycles. The van der Waals surface area contributed by atoms with E-state index in [4.69, 9.17) is 0 Å². The second kappa shape index (κ2) is 4.28. The predicted molar refractivity (Wildman–Crippen MR) is 83.8 cm³/mol. The lowest BCUT2D eigenvalue weighted by atomic mass is 9.59. The van der Waals surface area contributed by atoms with Gasteiger partial charge in [0.05, 0.1) is 0 Å². The van der Waals surface area contributed by atoms with Crippen molar-refractivity contribution in [3.8, 4) is 0 Å². The van der Waals surface area contributed by atoms with E-state index in [9.17, 15) is 9.59 Å². The molecular weight excluding hydrogens is 260 g/mol. The maximum Gasteiger partial charge on any atom is 0.230 e. The van der Waals surface area contributed by atoms with Crippen LogP contribution in [0.15, 0.2) is 34.4 Å². The summed E-state index contributed by atoms with van der Waals surface area (Å²) in [4.78, 5) is 25.1. The van der Waals surface area contributed by atoms with Crippen LogP contribution in [0.5, 0.6) is 0 Å². The van der Waals surface area contributed by atoms with E-state index in [-0.39, 0.29) is 28.3 Å². The molecule has 3 aliphatic rings. The average Bonchev–Trinajstić information content (AvgIpc) is 2.67. The fraction of sp³-hybridized carbons (Fsp3) is 0.579. The van der Waals surface area contributed by atoms with E-state index in [0.717, 1.165) is 30.4 Å². The molecule has 0 aliphatic heterocycles. The highest BCUT2D eigenvalue weighted by atomic mass is 16.2. The molecule has 1 fully saturated rings. The quantitative estimate of drug-likeness (QED) is 0.535. The van der Waals surface area contributed by atoms with Crippen LogP contribution >= 0.6 is 0 Å². The molecule has 0 amide bonds. The van der Waals surface area contributed by atoms with Crippen LogP contribution in [0.1, 0.15) is 53.9 Å². The lowest BCUT2D eigenvalue weighted by Gasteiger charge is -2.44. The van der Waals surface area contributed by atoms with E-state index in [1.54, 1.807) is 0 Å². The average molecular weight is 284 g/mol. The van der Waals surface area contributed by atoms with Gasteiger partial charge in [0.2, 0.25) is 11.6 Å². The first-order valence-electron chi connectivity index (χ1n) is 7.96. The van der Waals surface area contributed by atoms with Crippen molar-refractivity contribution in [1.82, 2.24) is 0 Å². The van der Waals surface area contributed by atoms with Crippen molar-refractivity contribution in [3.05, 3.63) is 34.4 Å². The summed E-state index contributed by atoms with van der Waals surface area (Å²) in [5, 5.41) is 0. The van der Waals surface area contributed by atoms with Crippen LogP contribution in [0.3, 0.4) is 0 Å². The van der Waals surface area contributed by atoms with Gasteiger partial charge >= 0.3 is 0 Å². The molecule has 0 aromatic heterocycles. The Morgan fingerprint density at radius 3 is 2.29 bits per heavy atom. The van der Waals surface area contributed by atoms with Gasteiger partial charge in [-0.1, -0.05) is 52.7 Å². The number of hydrogen-bond acceptors (Lipinski definition) is 2. The topological polar surface area (TPSA) is 34.1 Å². The number of carbonyl (C=O) groups excluding carboxylic acids is 2. The Morgan fingerprint density at radius 1 is 1.00 bits per heavy atom. The Morgan fingerprint density at radius 2 is 1.67 bits per heavy atom. The van der Waals surface area contributed by atoms with E-state index in [0.29, 0.717) is 5.57 Å². The Bertz CT molecular complexity index is 640. The number of allylic oxidation sites excluding steroid dienone is 6. The van der Waals surface area contributed by atoms with Gasteiger partial charge in [-0.3, -0.25) is 9.59 Å². The molecule has 0 unspecified atom stereocenters. The highest BCUT2D eigenvalue weighted by Gasteiger charge is 2.51. The zero-order valence-electron chi connectivity index (χ0n) is 13.7. The van der Waals surface area contributed by atoms with E-state index >= 15 is 0 Å². The van der Waals surface area contributed by atoms with Gasteiger partial charge in [-0.2, -0.15) is 0 Å². The van der Waals surface area contributed by atoms with Crippen molar-refractivity contribution < 1.29 is 9.59 Å². The standard InChI is InChI=1S/C19H24O2/c1-11(2)13-9-12-10-14-18(3,4)7-6-8-19(14,5)15(12)17(21)16(13)20/h9-11H,6-8H2,1-5H3/t19-/m1/s1. The number of hydrogen-bond donors (Lipinski definition) is 0. The summed E-state index contributed by atoms with van der Waals surface area (Å²) in [6.45, 7) is 10.6. The van der Waals surface area contributed by atoms with Gasteiger partial charge in [0, 0.05) is 16.6 Å². The monoisotopic (exact) mass is 284 g/mol. The summed E-state index contributed by atoms with van der Waals surface area (Å²) in [6, 6.07) is 0. The van der Waals surface area contributed by atoms with Crippen molar-refractivity contribution >= 4 is 11.6 Å². The second-order valence-electron chi connectivity index (χ2n) is 7.87. The summed E-state index contributed by atoms with van der Waals surface area (Å²) in [6.07, 6.45) is 7.40. The van der Waals surface area contributed by atoms with E-state index in [1.165, 1.54) is 5.57 Å². The highest BCUT2D eigenvalue weighted by molar-refractivity contribution is 6.50. The minimum Gasteiger partial charge on any atom is -0.285 e. The summed E-state index contributed by atoms with van der Waals surface area (Å²) < 4.78 is 0. The fourth-order valence-corrected chi connectivity index (χ4v) is 4.46. The van der Waals surface area contributed by atoms with Gasteiger partial charge in [0.25, 0.3) is 0 Å². The first kappa shape index (κ1) is 14.5. The highest BCUT2D eigenvalue weighted by Crippen LogP contribution is 2.59. The van der Waals surface area contributed by atoms with Crippen LogP contribution in [0.4, 0.5) is 0 Å². The van der Waals surface area contributed by atoms with Gasteiger partial charge in [0.1, 0.15) is 0 Å². The molecule has 0 aromatic rings. The molecule has 0 heterocycles. The van der Waals surface area contributed by atoms with Gasteiger partial charge in [-0.25, -0.2) is 0 Å². The van der Waals surface area contributed by atoms with Crippen LogP contribution in [0.25, 0.3) is 0 Å². The molecule has 21 heavy (non-hydrogen) atoms. The fourth-order valence-electron chi connectivity index (χ4n) is 4.46. The Kier molecular flexibility index (Phi) is 2.96. The normalized spacial score (nSPS) is 31.1. The Hall–Kier alpha value is -1.44. The predicted octanol–water partition coefficient (Wildman–Crippen LogP) is 4.17. The Balaban J connectivity index is 2.19. The molecule has 3 rings (SSSR count). The van der Waals surface area contributed by atoms with Crippen LogP contribution in [-0.2, 0) is 9.59 Å². The van der Waals surface area contributed by atoms with Crippen molar-refractivity contribution in [2.75, 3.05) is 0 Å². The van der Waals surface area contributed by atoms with Gasteiger partial charge in [-0.05, 0) is 35.8 Å². The van der Waals surface area contributed by atoms with Gasteiger partial charge in [0.15, 0.2) is 0 Å². The molecule has 1 saturated carbocycles. The molecular formula is C19H24O2. The van der Waals surface area contributed by atoms with Gasteiger partial charge in [-0.15, -0.1) is 0 Å². The smallest absolute Gasteiger partial charge is 0.230 e. The maximum atomic E-state index is 12.7. The zero-order chi connectivity index (χ0) is 15.6.